The monoisotopic (exact) mass is 511 g/mol. The van der Waals surface area contributed by atoms with Gasteiger partial charge in [-0.05, 0) is 37.8 Å². The first-order chi connectivity index (χ1) is 16.6. The number of imidazole rings is 1. The van der Waals surface area contributed by atoms with Crippen LogP contribution < -0.4 is 16.4 Å². The number of anilines is 3. The van der Waals surface area contributed by atoms with Crippen LogP contribution in [-0.2, 0) is 4.79 Å². The number of nitrogens with one attached hydrogen (secondary N) is 2. The Kier molecular flexibility index (Phi) is 5.94. The van der Waals surface area contributed by atoms with Crippen LogP contribution in [0, 0.1) is 17.6 Å². The fraction of sp³-hybridized carbons (Fsp3) is 0.455. The second-order valence-electron chi connectivity index (χ2n) is 9.06. The van der Waals surface area contributed by atoms with Crippen molar-refractivity contribution in [2.45, 2.75) is 56.5 Å². The summed E-state index contributed by atoms with van der Waals surface area (Å²) in [7, 11) is 0. The van der Waals surface area contributed by atoms with E-state index in [-0.39, 0.29) is 47.6 Å². The summed E-state index contributed by atoms with van der Waals surface area (Å²) in [4.78, 5) is 24.7. The molecule has 1 aromatic carbocycles. The molecule has 0 radical (unpaired) electrons. The standard InChI is InChI=1S/C22H22ClF4N7O/c23-13-5-6-14(24)17(16(13)25)32-21-31-15-9-29-20(30-11-7-22(26,27)8-11)33-19(15)34(21)12-3-1-10(2-4-12)18(28)35/h5-6,9-12H,1-4,7-8H2,(H2,28,35)(H,31,32)(H,29,30,33). The second-order valence-corrected chi connectivity index (χ2v) is 9.47. The molecule has 0 atom stereocenters. The summed E-state index contributed by atoms with van der Waals surface area (Å²) in [5.74, 6) is -4.89. The van der Waals surface area contributed by atoms with Gasteiger partial charge in [0, 0.05) is 30.8 Å². The van der Waals surface area contributed by atoms with Crippen molar-refractivity contribution in [3.05, 3.63) is 35.0 Å². The summed E-state index contributed by atoms with van der Waals surface area (Å²) in [6.07, 6.45) is 2.96. The van der Waals surface area contributed by atoms with Gasteiger partial charge in [-0.25, -0.2) is 27.5 Å². The summed E-state index contributed by atoms with van der Waals surface area (Å²) in [5.41, 5.74) is 5.69. The highest BCUT2D eigenvalue weighted by atomic mass is 35.5. The molecule has 2 aliphatic rings. The van der Waals surface area contributed by atoms with Gasteiger partial charge in [0.2, 0.25) is 17.8 Å². The fourth-order valence-corrected chi connectivity index (χ4v) is 4.87. The van der Waals surface area contributed by atoms with Gasteiger partial charge in [0.15, 0.2) is 11.5 Å². The number of carbonyl (C=O) groups is 1. The molecule has 5 rings (SSSR count). The normalized spacial score (nSPS) is 22.1. The molecule has 4 N–H and O–H groups in total. The van der Waals surface area contributed by atoms with Crippen LogP contribution in [-0.4, -0.2) is 37.4 Å². The lowest BCUT2D eigenvalue weighted by atomic mass is 9.85. The van der Waals surface area contributed by atoms with Crippen molar-refractivity contribution in [3.63, 3.8) is 0 Å². The van der Waals surface area contributed by atoms with Crippen molar-refractivity contribution < 1.29 is 22.4 Å². The number of rotatable bonds is 6. The van der Waals surface area contributed by atoms with Crippen molar-refractivity contribution >= 4 is 46.3 Å². The number of halogens is 5. The Labute approximate surface area is 202 Å². The molecule has 0 spiro atoms. The minimum atomic E-state index is -2.70. The maximum atomic E-state index is 14.6. The van der Waals surface area contributed by atoms with Crippen molar-refractivity contribution in [2.75, 3.05) is 10.6 Å². The van der Waals surface area contributed by atoms with E-state index in [0.29, 0.717) is 36.8 Å². The molecule has 35 heavy (non-hydrogen) atoms. The van der Waals surface area contributed by atoms with Crippen LogP contribution in [0.5, 0.6) is 0 Å². The molecule has 0 unspecified atom stereocenters. The highest BCUT2D eigenvalue weighted by Crippen LogP contribution is 2.40. The van der Waals surface area contributed by atoms with Gasteiger partial charge in [-0.2, -0.15) is 4.98 Å². The molecule has 186 valence electrons. The third-order valence-electron chi connectivity index (χ3n) is 6.60. The molecule has 13 heteroatoms. The Morgan fingerprint density at radius 2 is 1.86 bits per heavy atom. The molecule has 3 aromatic rings. The van der Waals surface area contributed by atoms with Crippen molar-refractivity contribution in [2.24, 2.45) is 11.7 Å². The number of nitrogens with two attached hydrogens (primary N) is 1. The first-order valence-corrected chi connectivity index (χ1v) is 11.6. The number of hydrogen-bond acceptors (Lipinski definition) is 6. The van der Waals surface area contributed by atoms with Crippen LogP contribution >= 0.6 is 11.6 Å². The van der Waals surface area contributed by atoms with Crippen molar-refractivity contribution in [3.8, 4) is 0 Å². The van der Waals surface area contributed by atoms with E-state index < -0.39 is 29.3 Å². The fourth-order valence-electron chi connectivity index (χ4n) is 4.71. The van der Waals surface area contributed by atoms with Crippen LogP contribution in [0.15, 0.2) is 18.3 Å². The van der Waals surface area contributed by atoms with E-state index in [9.17, 15) is 22.4 Å². The Bertz CT molecular complexity index is 1280. The van der Waals surface area contributed by atoms with Crippen LogP contribution in [0.4, 0.5) is 35.1 Å². The van der Waals surface area contributed by atoms with E-state index in [1.165, 1.54) is 6.20 Å². The van der Waals surface area contributed by atoms with Gasteiger partial charge in [-0.3, -0.25) is 9.36 Å². The number of carbonyl (C=O) groups excluding carboxylic acids is 1. The zero-order valence-electron chi connectivity index (χ0n) is 18.4. The lowest BCUT2D eigenvalue weighted by Gasteiger charge is -2.35. The topological polar surface area (TPSA) is 111 Å². The number of amides is 1. The average molecular weight is 512 g/mol. The Morgan fingerprint density at radius 1 is 1.14 bits per heavy atom. The van der Waals surface area contributed by atoms with Gasteiger partial charge in [0.05, 0.1) is 11.2 Å². The van der Waals surface area contributed by atoms with E-state index in [1.54, 1.807) is 4.57 Å². The lowest BCUT2D eigenvalue weighted by Crippen LogP contribution is -2.44. The molecule has 8 nitrogen and oxygen atoms in total. The molecule has 0 saturated heterocycles. The summed E-state index contributed by atoms with van der Waals surface area (Å²) in [6, 6.07) is 1.48. The van der Waals surface area contributed by atoms with Crippen LogP contribution in [0.2, 0.25) is 5.02 Å². The lowest BCUT2D eigenvalue weighted by molar-refractivity contribution is -0.122. The molecule has 2 aromatic heterocycles. The third-order valence-corrected chi connectivity index (χ3v) is 6.89. The van der Waals surface area contributed by atoms with E-state index >= 15 is 0 Å². The van der Waals surface area contributed by atoms with Crippen molar-refractivity contribution in [1.29, 1.82) is 0 Å². The average Bonchev–Trinajstić information content (AvgIpc) is 3.15. The van der Waals surface area contributed by atoms with E-state index in [0.717, 1.165) is 12.1 Å². The number of nitrogens with zero attached hydrogens (tertiary/aromatic N) is 4. The molecular weight excluding hydrogens is 490 g/mol. The SMILES string of the molecule is NC(=O)C1CCC(n2c(Nc3c(F)ccc(Cl)c3F)nc3cnc(NC4CC(F)(F)C4)nc32)CC1. The van der Waals surface area contributed by atoms with Crippen LogP contribution in [0.3, 0.4) is 0 Å². The predicted octanol–water partition coefficient (Wildman–Crippen LogP) is 4.93. The van der Waals surface area contributed by atoms with E-state index in [4.69, 9.17) is 17.3 Å². The summed E-state index contributed by atoms with van der Waals surface area (Å²) >= 11 is 5.84. The van der Waals surface area contributed by atoms with Gasteiger partial charge < -0.3 is 16.4 Å². The van der Waals surface area contributed by atoms with E-state index in [1.807, 2.05) is 0 Å². The zero-order valence-corrected chi connectivity index (χ0v) is 19.1. The molecule has 2 heterocycles. The summed E-state index contributed by atoms with van der Waals surface area (Å²) in [5, 5.41) is 5.34. The third kappa shape index (κ3) is 4.58. The van der Waals surface area contributed by atoms with Gasteiger partial charge in [-0.1, -0.05) is 11.6 Å². The van der Waals surface area contributed by atoms with Crippen LogP contribution in [0.1, 0.15) is 44.6 Å². The first kappa shape index (κ1) is 23.6. The minimum absolute atomic E-state index is 0.115. The van der Waals surface area contributed by atoms with Crippen molar-refractivity contribution in [1.82, 2.24) is 19.5 Å². The second kappa shape index (κ2) is 8.81. The molecule has 0 aliphatic heterocycles. The molecule has 2 fully saturated rings. The summed E-state index contributed by atoms with van der Waals surface area (Å²) < 4.78 is 57.2. The maximum absolute atomic E-state index is 14.6. The molecule has 2 saturated carbocycles. The number of benzene rings is 1. The number of fused-ring (bicyclic) bond motifs is 1. The van der Waals surface area contributed by atoms with E-state index in [2.05, 4.69) is 25.6 Å². The maximum Gasteiger partial charge on any atom is 0.252 e. The van der Waals surface area contributed by atoms with Gasteiger partial charge >= 0.3 is 0 Å². The number of aromatic nitrogens is 4. The molecule has 2 aliphatic carbocycles. The summed E-state index contributed by atoms with van der Waals surface area (Å²) in [6.45, 7) is 0. The predicted molar refractivity (Wildman–Crippen MR) is 122 cm³/mol. The van der Waals surface area contributed by atoms with Gasteiger partial charge in [0.25, 0.3) is 5.92 Å². The smallest absolute Gasteiger partial charge is 0.252 e. The molecule has 0 bridgehead atoms. The Morgan fingerprint density at radius 3 is 2.51 bits per heavy atom. The van der Waals surface area contributed by atoms with Gasteiger partial charge in [0.1, 0.15) is 17.0 Å². The van der Waals surface area contributed by atoms with Gasteiger partial charge in [-0.15, -0.1) is 0 Å². The highest BCUT2D eigenvalue weighted by molar-refractivity contribution is 6.31. The quantitative estimate of drug-likeness (QED) is 0.320. The Balaban J connectivity index is 1.52. The highest BCUT2D eigenvalue weighted by Gasteiger charge is 2.45. The zero-order chi connectivity index (χ0) is 24.9. The number of primary amides is 1. The number of alkyl halides is 2. The largest absolute Gasteiger partial charge is 0.369 e. The molecular formula is C22H22ClF4N7O. The Hall–Kier alpha value is -3.15. The number of hydrogen-bond donors (Lipinski definition) is 3. The minimum Gasteiger partial charge on any atom is -0.369 e. The molecule has 1 amide bonds. The van der Waals surface area contributed by atoms with Crippen LogP contribution in [0.25, 0.3) is 11.2 Å². The first-order valence-electron chi connectivity index (χ1n) is 11.2.